The van der Waals surface area contributed by atoms with E-state index in [2.05, 4.69) is 44.9 Å². The van der Waals surface area contributed by atoms with Crippen LogP contribution in [-0.2, 0) is 5.41 Å². The van der Waals surface area contributed by atoms with Crippen molar-refractivity contribution in [2.45, 2.75) is 46.1 Å². The van der Waals surface area contributed by atoms with Crippen molar-refractivity contribution in [2.24, 2.45) is 0 Å². The van der Waals surface area contributed by atoms with Crippen LogP contribution in [0.15, 0.2) is 6.20 Å². The van der Waals surface area contributed by atoms with Gasteiger partial charge in [0.1, 0.15) is 0 Å². The molecule has 0 radical (unpaired) electrons. The molecule has 1 aromatic heterocycles. The molecule has 0 aliphatic heterocycles. The van der Waals surface area contributed by atoms with E-state index in [-0.39, 0.29) is 5.41 Å². The Morgan fingerprint density at radius 1 is 1.33 bits per heavy atom. The van der Waals surface area contributed by atoms with Gasteiger partial charge in [-0.25, -0.2) is 4.68 Å². The first kappa shape index (κ1) is 9.23. The quantitative estimate of drug-likeness (QED) is 0.641. The summed E-state index contributed by atoms with van der Waals surface area (Å²) in [4.78, 5) is 0. The third kappa shape index (κ3) is 1.65. The Morgan fingerprint density at radius 2 is 1.92 bits per heavy atom. The smallest absolute Gasteiger partial charge is 0.0730 e. The van der Waals surface area contributed by atoms with Gasteiger partial charge in [0.15, 0.2) is 0 Å². The third-order valence-electron chi connectivity index (χ3n) is 1.83. The zero-order valence-corrected chi connectivity index (χ0v) is 8.50. The molecule has 0 saturated carbocycles. The van der Waals surface area contributed by atoms with Gasteiger partial charge < -0.3 is 0 Å². The lowest BCUT2D eigenvalue weighted by Gasteiger charge is -2.20. The zero-order valence-electron chi connectivity index (χ0n) is 8.50. The molecule has 0 aliphatic carbocycles. The molecule has 68 valence electrons. The summed E-state index contributed by atoms with van der Waals surface area (Å²) in [7, 11) is 0. The highest BCUT2D eigenvalue weighted by molar-refractivity contribution is 5.08. The van der Waals surface area contributed by atoms with Gasteiger partial charge in [-0.15, -0.1) is 5.10 Å². The summed E-state index contributed by atoms with van der Waals surface area (Å²) in [6.45, 7) is 10.7. The van der Waals surface area contributed by atoms with E-state index in [0.717, 1.165) is 0 Å². The van der Waals surface area contributed by atoms with E-state index < -0.39 is 0 Å². The predicted molar refractivity (Wildman–Crippen MR) is 49.1 cm³/mol. The minimum atomic E-state index is 0.133. The van der Waals surface area contributed by atoms with Crippen molar-refractivity contribution in [1.29, 1.82) is 0 Å². The van der Waals surface area contributed by atoms with Crippen molar-refractivity contribution in [3.05, 3.63) is 11.9 Å². The average molecular weight is 167 g/mol. The van der Waals surface area contributed by atoms with Crippen LogP contribution >= 0.6 is 0 Å². The molecule has 1 rings (SSSR count). The minimum Gasteiger partial charge on any atom is -0.246 e. The van der Waals surface area contributed by atoms with E-state index >= 15 is 0 Å². The molecule has 3 nitrogen and oxygen atoms in total. The summed E-state index contributed by atoms with van der Waals surface area (Å²) in [5, 5.41) is 7.97. The molecule has 0 spiro atoms. The van der Waals surface area contributed by atoms with E-state index in [1.807, 2.05) is 10.9 Å². The summed E-state index contributed by atoms with van der Waals surface area (Å²) < 4.78 is 1.97. The van der Waals surface area contributed by atoms with Crippen LogP contribution in [0.5, 0.6) is 0 Å². The monoisotopic (exact) mass is 167 g/mol. The van der Waals surface area contributed by atoms with Crippen LogP contribution in [0.1, 0.15) is 46.4 Å². The van der Waals surface area contributed by atoms with Crippen molar-refractivity contribution in [3.63, 3.8) is 0 Å². The Hall–Kier alpha value is -0.860. The van der Waals surface area contributed by atoms with Crippen molar-refractivity contribution in [2.75, 3.05) is 0 Å². The molecule has 0 bridgehead atoms. The van der Waals surface area contributed by atoms with Gasteiger partial charge in [0.05, 0.1) is 11.9 Å². The Balaban J connectivity index is 3.08. The fourth-order valence-electron chi connectivity index (χ4n) is 1.16. The lowest BCUT2D eigenvalue weighted by Crippen LogP contribution is -2.19. The van der Waals surface area contributed by atoms with Crippen LogP contribution in [0.2, 0.25) is 0 Å². The second-order valence-electron chi connectivity index (χ2n) is 4.41. The lowest BCUT2D eigenvalue weighted by molar-refractivity contribution is 0.439. The Morgan fingerprint density at radius 3 is 2.25 bits per heavy atom. The van der Waals surface area contributed by atoms with Crippen LogP contribution in [0.4, 0.5) is 0 Å². The maximum absolute atomic E-state index is 4.05. The SMILES string of the molecule is CC(C)n1nncc1C(C)(C)C. The zero-order chi connectivity index (χ0) is 9.35. The number of nitrogens with zero attached hydrogens (tertiary/aromatic N) is 3. The summed E-state index contributed by atoms with van der Waals surface area (Å²) >= 11 is 0. The molecule has 1 heterocycles. The summed E-state index contributed by atoms with van der Waals surface area (Å²) in [6, 6.07) is 0.390. The molecule has 1 aromatic rings. The molecule has 0 aliphatic rings. The largest absolute Gasteiger partial charge is 0.246 e. The van der Waals surface area contributed by atoms with Gasteiger partial charge >= 0.3 is 0 Å². The fraction of sp³-hybridized carbons (Fsp3) is 0.778. The van der Waals surface area contributed by atoms with Gasteiger partial charge in [0.2, 0.25) is 0 Å². The first-order valence-corrected chi connectivity index (χ1v) is 4.33. The molecular weight excluding hydrogens is 150 g/mol. The molecule has 0 aromatic carbocycles. The van der Waals surface area contributed by atoms with Crippen molar-refractivity contribution >= 4 is 0 Å². The van der Waals surface area contributed by atoms with Crippen molar-refractivity contribution in [3.8, 4) is 0 Å². The van der Waals surface area contributed by atoms with Crippen LogP contribution in [0.25, 0.3) is 0 Å². The topological polar surface area (TPSA) is 30.7 Å². The lowest BCUT2D eigenvalue weighted by atomic mass is 9.92. The summed E-state index contributed by atoms with van der Waals surface area (Å²) in [6.07, 6.45) is 1.85. The van der Waals surface area contributed by atoms with E-state index in [4.69, 9.17) is 0 Å². The molecule has 0 fully saturated rings. The van der Waals surface area contributed by atoms with Crippen LogP contribution < -0.4 is 0 Å². The Labute approximate surface area is 73.8 Å². The minimum absolute atomic E-state index is 0.133. The molecule has 0 saturated heterocycles. The molecular formula is C9H17N3. The summed E-state index contributed by atoms with van der Waals surface area (Å²) in [5.74, 6) is 0. The van der Waals surface area contributed by atoms with Gasteiger partial charge in [-0.05, 0) is 13.8 Å². The van der Waals surface area contributed by atoms with Crippen LogP contribution in [-0.4, -0.2) is 15.0 Å². The standard InChI is InChI=1S/C9H17N3/c1-7(2)12-8(6-10-11-12)9(3,4)5/h6-7H,1-5H3. The third-order valence-corrected chi connectivity index (χ3v) is 1.83. The fourth-order valence-corrected chi connectivity index (χ4v) is 1.16. The number of hydrogen-bond acceptors (Lipinski definition) is 2. The van der Waals surface area contributed by atoms with Gasteiger partial charge in [-0.3, -0.25) is 0 Å². The van der Waals surface area contributed by atoms with Crippen LogP contribution in [0, 0.1) is 0 Å². The Bertz CT molecular complexity index is 255. The van der Waals surface area contributed by atoms with E-state index in [1.54, 1.807) is 0 Å². The molecule has 0 amide bonds. The second kappa shape index (κ2) is 2.88. The Kier molecular flexibility index (Phi) is 2.22. The number of aromatic nitrogens is 3. The summed E-state index contributed by atoms with van der Waals surface area (Å²) in [5.41, 5.74) is 1.32. The molecule has 12 heavy (non-hydrogen) atoms. The predicted octanol–water partition coefficient (Wildman–Crippen LogP) is 2.16. The highest BCUT2D eigenvalue weighted by Gasteiger charge is 2.20. The van der Waals surface area contributed by atoms with E-state index in [9.17, 15) is 0 Å². The van der Waals surface area contributed by atoms with Gasteiger partial charge in [-0.2, -0.15) is 0 Å². The van der Waals surface area contributed by atoms with Gasteiger partial charge in [0, 0.05) is 11.5 Å². The first-order chi connectivity index (χ1) is 5.43. The highest BCUT2D eigenvalue weighted by Crippen LogP contribution is 2.22. The number of rotatable bonds is 1. The molecule has 0 N–H and O–H groups in total. The van der Waals surface area contributed by atoms with Crippen molar-refractivity contribution < 1.29 is 0 Å². The van der Waals surface area contributed by atoms with Gasteiger partial charge in [0.25, 0.3) is 0 Å². The van der Waals surface area contributed by atoms with E-state index in [1.165, 1.54) is 5.69 Å². The average Bonchev–Trinajstić information content (AvgIpc) is 2.30. The number of hydrogen-bond donors (Lipinski definition) is 0. The maximum atomic E-state index is 4.05. The molecule has 0 atom stereocenters. The molecule has 3 heteroatoms. The normalized spacial score (nSPS) is 12.5. The maximum Gasteiger partial charge on any atom is 0.0730 e. The second-order valence-corrected chi connectivity index (χ2v) is 4.41. The highest BCUT2D eigenvalue weighted by atomic mass is 15.4. The molecule has 0 unspecified atom stereocenters. The van der Waals surface area contributed by atoms with Crippen molar-refractivity contribution in [1.82, 2.24) is 15.0 Å². The van der Waals surface area contributed by atoms with Crippen LogP contribution in [0.3, 0.4) is 0 Å². The van der Waals surface area contributed by atoms with Gasteiger partial charge in [-0.1, -0.05) is 26.0 Å². The van der Waals surface area contributed by atoms with E-state index in [0.29, 0.717) is 6.04 Å². The first-order valence-electron chi connectivity index (χ1n) is 4.33.